The minimum atomic E-state index is -0.753. The highest BCUT2D eigenvalue weighted by atomic mass is 19.1. The number of halogens is 1. The summed E-state index contributed by atoms with van der Waals surface area (Å²) in [4.78, 5) is 35.0. The molecule has 0 aliphatic rings. The largest absolute Gasteiger partial charge is 0.493 e. The van der Waals surface area contributed by atoms with Crippen molar-refractivity contribution >= 4 is 23.5 Å². The number of carbonyl (C=O) groups excluding carboxylic acids is 3. The van der Waals surface area contributed by atoms with E-state index in [-0.39, 0.29) is 6.54 Å². The number of carbonyl (C=O) groups is 3. The number of benzene rings is 2. The summed E-state index contributed by atoms with van der Waals surface area (Å²) in [6.07, 6.45) is 0. The first-order chi connectivity index (χ1) is 13.5. The summed E-state index contributed by atoms with van der Waals surface area (Å²) in [7, 11) is 1.47. The standard InChI is InChI=1S/C19H19FN2O6/c1-26-15-4-2-3-5-16(15)27-12-19(25)28-11-18(24)21-10-17(23)22-14-8-6-13(20)7-9-14/h2-9H,10-12H2,1H3,(H,21,24)(H,22,23). The number of methoxy groups -OCH3 is 1. The predicted octanol–water partition coefficient (Wildman–Crippen LogP) is 1.51. The van der Waals surface area contributed by atoms with Gasteiger partial charge in [-0.05, 0) is 36.4 Å². The molecule has 0 fully saturated rings. The van der Waals surface area contributed by atoms with Crippen molar-refractivity contribution in [1.29, 1.82) is 0 Å². The van der Waals surface area contributed by atoms with Crippen LogP contribution in [0.1, 0.15) is 0 Å². The van der Waals surface area contributed by atoms with Crippen molar-refractivity contribution in [2.75, 3.05) is 32.2 Å². The van der Waals surface area contributed by atoms with Gasteiger partial charge in [0.05, 0.1) is 13.7 Å². The molecule has 0 saturated carbocycles. The SMILES string of the molecule is COc1ccccc1OCC(=O)OCC(=O)NCC(=O)Nc1ccc(F)cc1. The van der Waals surface area contributed by atoms with Crippen LogP contribution in [0.15, 0.2) is 48.5 Å². The van der Waals surface area contributed by atoms with Gasteiger partial charge < -0.3 is 24.8 Å². The van der Waals surface area contributed by atoms with Crippen LogP contribution in [0.3, 0.4) is 0 Å². The van der Waals surface area contributed by atoms with Gasteiger partial charge in [-0.1, -0.05) is 12.1 Å². The Morgan fingerprint density at radius 2 is 1.61 bits per heavy atom. The van der Waals surface area contributed by atoms with Gasteiger partial charge in [-0.2, -0.15) is 0 Å². The molecule has 0 aromatic heterocycles. The molecule has 0 aliphatic heterocycles. The normalized spacial score (nSPS) is 9.93. The van der Waals surface area contributed by atoms with Gasteiger partial charge in [0.1, 0.15) is 5.82 Å². The minimum absolute atomic E-state index is 0.328. The Balaban J connectivity index is 1.65. The molecule has 0 spiro atoms. The summed E-state index contributed by atoms with van der Waals surface area (Å²) < 4.78 is 27.9. The average Bonchev–Trinajstić information content (AvgIpc) is 2.71. The van der Waals surface area contributed by atoms with Crippen molar-refractivity contribution in [3.8, 4) is 11.5 Å². The summed E-state index contributed by atoms with van der Waals surface area (Å²) in [5.41, 5.74) is 0.389. The van der Waals surface area contributed by atoms with E-state index in [1.165, 1.54) is 31.4 Å². The lowest BCUT2D eigenvalue weighted by atomic mass is 10.3. The highest BCUT2D eigenvalue weighted by Gasteiger charge is 2.11. The molecule has 8 nitrogen and oxygen atoms in total. The van der Waals surface area contributed by atoms with E-state index in [2.05, 4.69) is 10.6 Å². The van der Waals surface area contributed by atoms with Gasteiger partial charge in [0.2, 0.25) is 5.91 Å². The molecule has 9 heteroatoms. The number of hydrogen-bond acceptors (Lipinski definition) is 6. The molecule has 148 valence electrons. The zero-order valence-electron chi connectivity index (χ0n) is 15.1. The average molecular weight is 390 g/mol. The van der Waals surface area contributed by atoms with Gasteiger partial charge in [0, 0.05) is 5.69 Å². The van der Waals surface area contributed by atoms with Gasteiger partial charge in [-0.25, -0.2) is 9.18 Å². The third-order valence-corrected chi connectivity index (χ3v) is 3.35. The predicted molar refractivity (Wildman–Crippen MR) is 97.5 cm³/mol. The third kappa shape index (κ3) is 6.94. The Labute approximate surface area is 160 Å². The van der Waals surface area contributed by atoms with Gasteiger partial charge >= 0.3 is 5.97 Å². The molecule has 0 bridgehead atoms. The molecule has 2 aromatic rings. The van der Waals surface area contributed by atoms with Crippen LogP contribution in [0.2, 0.25) is 0 Å². The van der Waals surface area contributed by atoms with Crippen molar-refractivity contribution in [3.63, 3.8) is 0 Å². The molecule has 2 amide bonds. The first-order valence-electron chi connectivity index (χ1n) is 8.21. The Morgan fingerprint density at radius 3 is 2.29 bits per heavy atom. The summed E-state index contributed by atoms with van der Waals surface area (Å²) >= 11 is 0. The lowest BCUT2D eigenvalue weighted by molar-refractivity contribution is -0.150. The van der Waals surface area contributed by atoms with Crippen molar-refractivity contribution in [3.05, 3.63) is 54.3 Å². The number of ether oxygens (including phenoxy) is 3. The molecule has 0 saturated heterocycles. The first kappa shape index (κ1) is 20.7. The van der Waals surface area contributed by atoms with Crippen LogP contribution < -0.4 is 20.1 Å². The number of amides is 2. The van der Waals surface area contributed by atoms with Crippen LogP contribution in [0.4, 0.5) is 10.1 Å². The van der Waals surface area contributed by atoms with Crippen LogP contribution >= 0.6 is 0 Å². The Hall–Kier alpha value is -3.62. The van der Waals surface area contributed by atoms with Crippen LogP contribution in [0.25, 0.3) is 0 Å². The van der Waals surface area contributed by atoms with Gasteiger partial charge in [0.15, 0.2) is 24.7 Å². The number of nitrogens with one attached hydrogen (secondary N) is 2. The number of rotatable bonds is 9. The smallest absolute Gasteiger partial charge is 0.344 e. The second-order valence-electron chi connectivity index (χ2n) is 5.43. The highest BCUT2D eigenvalue weighted by molar-refractivity contribution is 5.94. The molecule has 0 aliphatic carbocycles. The van der Waals surface area contributed by atoms with Gasteiger partial charge in [-0.3, -0.25) is 9.59 Å². The van der Waals surface area contributed by atoms with Crippen molar-refractivity contribution in [1.82, 2.24) is 5.32 Å². The van der Waals surface area contributed by atoms with Crippen molar-refractivity contribution < 1.29 is 33.0 Å². The molecular formula is C19H19FN2O6. The quantitative estimate of drug-likeness (QED) is 0.629. The maximum Gasteiger partial charge on any atom is 0.344 e. The van der Waals surface area contributed by atoms with E-state index >= 15 is 0 Å². The van der Waals surface area contributed by atoms with E-state index in [1.54, 1.807) is 24.3 Å². The summed E-state index contributed by atoms with van der Waals surface area (Å²) in [5.74, 6) is -1.52. The lowest BCUT2D eigenvalue weighted by Gasteiger charge is -2.10. The third-order valence-electron chi connectivity index (χ3n) is 3.35. The maximum atomic E-state index is 12.8. The second-order valence-corrected chi connectivity index (χ2v) is 5.43. The topological polar surface area (TPSA) is 103 Å². The highest BCUT2D eigenvalue weighted by Crippen LogP contribution is 2.25. The Kier molecular flexibility index (Phi) is 7.77. The fraction of sp³-hybridized carbons (Fsp3) is 0.211. The second kappa shape index (κ2) is 10.5. The molecule has 0 heterocycles. The van der Waals surface area contributed by atoms with E-state index in [0.29, 0.717) is 17.2 Å². The molecule has 28 heavy (non-hydrogen) atoms. The van der Waals surface area contributed by atoms with Crippen LogP contribution in [-0.4, -0.2) is 44.7 Å². The number of anilines is 1. The van der Waals surface area contributed by atoms with Crippen molar-refractivity contribution in [2.45, 2.75) is 0 Å². The molecule has 2 rings (SSSR count). The van der Waals surface area contributed by atoms with E-state index < -0.39 is 36.8 Å². The minimum Gasteiger partial charge on any atom is -0.493 e. The van der Waals surface area contributed by atoms with E-state index in [9.17, 15) is 18.8 Å². The van der Waals surface area contributed by atoms with E-state index in [4.69, 9.17) is 14.2 Å². The number of esters is 1. The van der Waals surface area contributed by atoms with Crippen LogP contribution in [-0.2, 0) is 19.1 Å². The Bertz CT molecular complexity index is 825. The maximum absolute atomic E-state index is 12.8. The monoisotopic (exact) mass is 390 g/mol. The lowest BCUT2D eigenvalue weighted by Crippen LogP contribution is -2.36. The van der Waals surface area contributed by atoms with Crippen LogP contribution in [0.5, 0.6) is 11.5 Å². The summed E-state index contributed by atoms with van der Waals surface area (Å²) in [6, 6.07) is 11.9. The van der Waals surface area contributed by atoms with Gasteiger partial charge in [0.25, 0.3) is 5.91 Å². The fourth-order valence-electron chi connectivity index (χ4n) is 2.03. The first-order valence-corrected chi connectivity index (χ1v) is 8.21. The fourth-order valence-corrected chi connectivity index (χ4v) is 2.03. The number of para-hydroxylation sites is 2. The van der Waals surface area contributed by atoms with Gasteiger partial charge in [-0.15, -0.1) is 0 Å². The zero-order chi connectivity index (χ0) is 20.4. The van der Waals surface area contributed by atoms with Crippen LogP contribution in [0, 0.1) is 5.82 Å². The molecule has 2 aromatic carbocycles. The van der Waals surface area contributed by atoms with Crippen molar-refractivity contribution in [2.24, 2.45) is 0 Å². The van der Waals surface area contributed by atoms with E-state index in [0.717, 1.165) is 0 Å². The zero-order valence-corrected chi connectivity index (χ0v) is 15.1. The number of hydrogen-bond donors (Lipinski definition) is 2. The molecule has 0 unspecified atom stereocenters. The Morgan fingerprint density at radius 1 is 0.929 bits per heavy atom. The summed E-state index contributed by atoms with van der Waals surface area (Å²) in [6.45, 7) is -1.29. The summed E-state index contributed by atoms with van der Waals surface area (Å²) in [5, 5.41) is 4.78. The molecule has 2 N–H and O–H groups in total. The molecular weight excluding hydrogens is 371 g/mol. The van der Waals surface area contributed by atoms with E-state index in [1.807, 2.05) is 0 Å². The molecule has 0 atom stereocenters. The molecule has 0 radical (unpaired) electrons.